The molecule has 1 atom stereocenters. The van der Waals surface area contributed by atoms with Crippen LogP contribution in [0.2, 0.25) is 0 Å². The summed E-state index contributed by atoms with van der Waals surface area (Å²) >= 11 is 0. The first-order chi connectivity index (χ1) is 19.4. The van der Waals surface area contributed by atoms with Crippen LogP contribution in [0.5, 0.6) is 5.75 Å². The molecule has 0 saturated carbocycles. The van der Waals surface area contributed by atoms with Gasteiger partial charge in [-0.15, -0.1) is 0 Å². The van der Waals surface area contributed by atoms with Gasteiger partial charge in [0, 0.05) is 5.56 Å². The van der Waals surface area contributed by atoms with Crippen LogP contribution in [0.3, 0.4) is 0 Å². The molecule has 0 N–H and O–H groups in total. The maximum atomic E-state index is 12.2. The van der Waals surface area contributed by atoms with Crippen LogP contribution in [0.15, 0.2) is 148 Å². The third-order valence-electron chi connectivity index (χ3n) is 6.21. The van der Waals surface area contributed by atoms with Crippen molar-refractivity contribution in [3.05, 3.63) is 133 Å². The lowest BCUT2D eigenvalue weighted by Gasteiger charge is -2.19. The topological polar surface area (TPSA) is 35.5 Å². The van der Waals surface area contributed by atoms with E-state index < -0.39 is 16.5 Å². The number of benzene rings is 5. The molecular weight excluding hydrogens is 512 g/mol. The lowest BCUT2D eigenvalue weighted by Crippen LogP contribution is -2.27. The molecule has 1 unspecified atom stereocenters. The quantitative estimate of drug-likeness (QED) is 0.144. The molecule has 0 aliphatic carbocycles. The van der Waals surface area contributed by atoms with Gasteiger partial charge in [-0.25, -0.2) is 4.79 Å². The van der Waals surface area contributed by atoms with Crippen molar-refractivity contribution in [2.24, 2.45) is 0 Å². The van der Waals surface area contributed by atoms with Gasteiger partial charge in [-0.1, -0.05) is 91.0 Å². The molecule has 0 bridgehead atoms. The third kappa shape index (κ3) is 6.64. The van der Waals surface area contributed by atoms with Gasteiger partial charge in [-0.3, -0.25) is 0 Å². The number of carbonyl (C=O) groups excluding carboxylic acids is 1. The molecule has 0 amide bonds. The van der Waals surface area contributed by atoms with Crippen molar-refractivity contribution in [1.82, 2.24) is 0 Å². The standard InChI is InChI=1S/C36H33O3S/c1-36(2,3)39-34(37)26-38-29-22-24-31(25-23-29)40(30-18-11-6-12-19-30)33-21-13-20-32(27-14-7-4-8-15-27)35(33)28-16-9-5-10-17-28/h4-25H,26H2,1-3H3/q+1. The zero-order valence-electron chi connectivity index (χ0n) is 23.0. The molecule has 0 radical (unpaired) electrons. The van der Waals surface area contributed by atoms with Crippen LogP contribution in [0.1, 0.15) is 20.8 Å². The Bertz CT molecular complexity index is 1540. The second-order valence-corrected chi connectivity index (χ2v) is 12.4. The average molecular weight is 546 g/mol. The first-order valence-corrected chi connectivity index (χ1v) is 14.6. The highest BCUT2D eigenvalue weighted by Gasteiger charge is 2.33. The Morgan fingerprint density at radius 2 is 1.18 bits per heavy atom. The average Bonchev–Trinajstić information content (AvgIpc) is 2.97. The molecule has 0 aliphatic heterocycles. The molecule has 0 aromatic heterocycles. The molecule has 5 rings (SSSR count). The first-order valence-electron chi connectivity index (χ1n) is 13.4. The van der Waals surface area contributed by atoms with E-state index in [4.69, 9.17) is 9.47 Å². The van der Waals surface area contributed by atoms with Gasteiger partial charge in [0.15, 0.2) is 21.3 Å². The zero-order chi connectivity index (χ0) is 28.0. The molecule has 0 fully saturated rings. The van der Waals surface area contributed by atoms with E-state index in [1.807, 2.05) is 32.9 Å². The molecule has 0 saturated heterocycles. The molecule has 40 heavy (non-hydrogen) atoms. The molecule has 3 nitrogen and oxygen atoms in total. The van der Waals surface area contributed by atoms with E-state index in [1.165, 1.54) is 36.9 Å². The minimum atomic E-state index is -0.543. The van der Waals surface area contributed by atoms with Crippen molar-refractivity contribution >= 4 is 16.9 Å². The summed E-state index contributed by atoms with van der Waals surface area (Å²) in [6.07, 6.45) is 0. The highest BCUT2D eigenvalue weighted by Crippen LogP contribution is 2.42. The largest absolute Gasteiger partial charge is 0.482 e. The summed E-state index contributed by atoms with van der Waals surface area (Å²) in [5.41, 5.74) is 4.26. The molecule has 5 aromatic rings. The Morgan fingerprint density at radius 3 is 1.77 bits per heavy atom. The first kappa shape index (κ1) is 27.3. The highest BCUT2D eigenvalue weighted by molar-refractivity contribution is 7.97. The summed E-state index contributed by atoms with van der Waals surface area (Å²) in [4.78, 5) is 15.8. The van der Waals surface area contributed by atoms with Crippen molar-refractivity contribution < 1.29 is 14.3 Å². The number of hydrogen-bond acceptors (Lipinski definition) is 3. The van der Waals surface area contributed by atoms with Gasteiger partial charge < -0.3 is 9.47 Å². The lowest BCUT2D eigenvalue weighted by atomic mass is 9.94. The van der Waals surface area contributed by atoms with Crippen LogP contribution < -0.4 is 4.74 Å². The van der Waals surface area contributed by atoms with Crippen molar-refractivity contribution in [3.63, 3.8) is 0 Å². The number of carbonyl (C=O) groups is 1. The Kier molecular flexibility index (Phi) is 8.37. The van der Waals surface area contributed by atoms with Gasteiger partial charge in [-0.05, 0) is 79.9 Å². The second kappa shape index (κ2) is 12.3. The fraction of sp³-hybridized carbons (Fsp3) is 0.139. The summed E-state index contributed by atoms with van der Waals surface area (Å²) in [6, 6.07) is 46.5. The summed E-state index contributed by atoms with van der Waals surface area (Å²) < 4.78 is 11.1. The van der Waals surface area contributed by atoms with E-state index >= 15 is 0 Å². The fourth-order valence-corrected chi connectivity index (χ4v) is 6.86. The van der Waals surface area contributed by atoms with Crippen LogP contribution in [0, 0.1) is 0 Å². The minimum Gasteiger partial charge on any atom is -0.482 e. The van der Waals surface area contributed by atoms with Gasteiger partial charge in [0.25, 0.3) is 0 Å². The van der Waals surface area contributed by atoms with E-state index in [2.05, 4.69) is 121 Å². The maximum Gasteiger partial charge on any atom is 0.344 e. The highest BCUT2D eigenvalue weighted by atomic mass is 32.2. The minimum absolute atomic E-state index is 0.127. The van der Waals surface area contributed by atoms with Gasteiger partial charge >= 0.3 is 5.97 Å². The zero-order valence-corrected chi connectivity index (χ0v) is 23.9. The fourth-order valence-electron chi connectivity index (χ4n) is 4.59. The summed E-state index contributed by atoms with van der Waals surface area (Å²) in [5, 5.41) is 0. The second-order valence-electron chi connectivity index (χ2n) is 10.4. The van der Waals surface area contributed by atoms with E-state index in [9.17, 15) is 4.79 Å². The Balaban J connectivity index is 1.58. The summed E-state index contributed by atoms with van der Waals surface area (Å²) in [5.74, 6) is 0.249. The van der Waals surface area contributed by atoms with E-state index in [1.54, 1.807) is 0 Å². The normalized spacial score (nSPS) is 12.0. The van der Waals surface area contributed by atoms with E-state index in [-0.39, 0.29) is 12.6 Å². The number of hydrogen-bond donors (Lipinski definition) is 0. The number of esters is 1. The smallest absolute Gasteiger partial charge is 0.344 e. The van der Waals surface area contributed by atoms with E-state index in [0.717, 1.165) is 0 Å². The van der Waals surface area contributed by atoms with Crippen LogP contribution in [-0.4, -0.2) is 18.2 Å². The number of ether oxygens (including phenoxy) is 2. The van der Waals surface area contributed by atoms with Crippen molar-refractivity contribution in [3.8, 4) is 28.0 Å². The Hall–Kier alpha value is -4.28. The molecule has 0 aliphatic rings. The van der Waals surface area contributed by atoms with E-state index in [0.29, 0.717) is 5.75 Å². The molecule has 0 spiro atoms. The third-order valence-corrected chi connectivity index (χ3v) is 8.48. The van der Waals surface area contributed by atoms with Crippen molar-refractivity contribution in [1.29, 1.82) is 0 Å². The van der Waals surface area contributed by atoms with Crippen LogP contribution in [0.25, 0.3) is 22.3 Å². The van der Waals surface area contributed by atoms with Crippen LogP contribution >= 0.6 is 0 Å². The Labute approximate surface area is 239 Å². The van der Waals surface area contributed by atoms with Crippen LogP contribution in [0.4, 0.5) is 0 Å². The molecule has 0 heterocycles. The van der Waals surface area contributed by atoms with Crippen molar-refractivity contribution in [2.45, 2.75) is 41.1 Å². The van der Waals surface area contributed by atoms with Gasteiger partial charge in [-0.2, -0.15) is 0 Å². The van der Waals surface area contributed by atoms with Crippen LogP contribution in [-0.2, 0) is 20.4 Å². The maximum absolute atomic E-state index is 12.2. The Morgan fingerprint density at radius 1 is 0.625 bits per heavy atom. The number of rotatable bonds is 8. The molecular formula is C36H33O3S+. The predicted molar refractivity (Wildman–Crippen MR) is 164 cm³/mol. The van der Waals surface area contributed by atoms with Gasteiger partial charge in [0.1, 0.15) is 11.4 Å². The summed E-state index contributed by atoms with van der Waals surface area (Å²) in [7, 11) is -0.392. The van der Waals surface area contributed by atoms with Gasteiger partial charge in [0.2, 0.25) is 0 Å². The van der Waals surface area contributed by atoms with Gasteiger partial charge in [0.05, 0.1) is 10.9 Å². The lowest BCUT2D eigenvalue weighted by molar-refractivity contribution is -0.157. The predicted octanol–water partition coefficient (Wildman–Crippen LogP) is 8.84. The molecule has 200 valence electrons. The monoisotopic (exact) mass is 545 g/mol. The SMILES string of the molecule is CC(C)(C)OC(=O)COc1ccc([S+](c2ccccc2)c2cccc(-c3ccccc3)c2-c2ccccc2)cc1. The summed E-state index contributed by atoms with van der Waals surface area (Å²) in [6.45, 7) is 5.42. The van der Waals surface area contributed by atoms with Crippen molar-refractivity contribution in [2.75, 3.05) is 6.61 Å². The molecule has 4 heteroatoms. The molecule has 5 aromatic carbocycles.